The van der Waals surface area contributed by atoms with Crippen molar-refractivity contribution in [2.75, 3.05) is 11.9 Å². The van der Waals surface area contributed by atoms with Gasteiger partial charge in [0.15, 0.2) is 0 Å². The number of aryl methyl sites for hydroxylation is 2. The van der Waals surface area contributed by atoms with Crippen molar-refractivity contribution >= 4 is 28.4 Å². The molecule has 0 unspecified atom stereocenters. The first-order valence-corrected chi connectivity index (χ1v) is 8.75. The molecular weight excluding hydrogens is 326 g/mol. The van der Waals surface area contributed by atoms with Gasteiger partial charge in [-0.25, -0.2) is 0 Å². The largest absolute Gasteiger partial charge is 0.352 e. The van der Waals surface area contributed by atoms with Crippen LogP contribution in [0.3, 0.4) is 0 Å². The fourth-order valence-corrected chi connectivity index (χ4v) is 3.09. The summed E-state index contributed by atoms with van der Waals surface area (Å²) in [6.07, 6.45) is 0.856. The first kappa shape index (κ1) is 17.7. The van der Waals surface area contributed by atoms with Crippen molar-refractivity contribution in [1.82, 2.24) is 9.88 Å². The van der Waals surface area contributed by atoms with Crippen LogP contribution >= 0.6 is 0 Å². The van der Waals surface area contributed by atoms with E-state index in [4.69, 9.17) is 0 Å². The lowest BCUT2D eigenvalue weighted by molar-refractivity contribution is -0.114. The number of hydrogen-bond acceptors (Lipinski definition) is 2. The number of nitrogens with one attached hydrogen (secondary N) is 2. The van der Waals surface area contributed by atoms with Crippen LogP contribution in [-0.2, 0) is 11.3 Å². The molecule has 0 aliphatic rings. The van der Waals surface area contributed by atoms with Gasteiger partial charge in [0.05, 0.1) is 0 Å². The van der Waals surface area contributed by atoms with Gasteiger partial charge in [-0.15, -0.1) is 0 Å². The average Bonchev–Trinajstić information content (AvgIpc) is 2.94. The fraction of sp³-hybridized carbons (Fsp3) is 0.238. The Labute approximate surface area is 153 Å². The molecule has 3 aromatic rings. The van der Waals surface area contributed by atoms with E-state index in [0.29, 0.717) is 17.8 Å². The number of hydrogen-bond donors (Lipinski definition) is 2. The summed E-state index contributed by atoms with van der Waals surface area (Å²) in [7, 11) is 0. The smallest absolute Gasteiger partial charge is 0.251 e. The third-order valence-electron chi connectivity index (χ3n) is 4.33. The van der Waals surface area contributed by atoms with E-state index in [1.807, 2.05) is 12.1 Å². The topological polar surface area (TPSA) is 63.1 Å². The molecule has 3 rings (SSSR count). The number of para-hydroxylation sites is 1. The number of fused-ring (bicyclic) bond motifs is 1. The number of rotatable bonds is 6. The maximum atomic E-state index is 12.2. The van der Waals surface area contributed by atoms with Crippen LogP contribution in [0, 0.1) is 6.92 Å². The van der Waals surface area contributed by atoms with Crippen molar-refractivity contribution < 1.29 is 9.59 Å². The summed E-state index contributed by atoms with van der Waals surface area (Å²) in [6, 6.07) is 17.4. The van der Waals surface area contributed by atoms with E-state index in [2.05, 4.69) is 40.3 Å². The highest BCUT2D eigenvalue weighted by atomic mass is 16.2. The molecule has 0 aliphatic heterocycles. The maximum Gasteiger partial charge on any atom is 0.251 e. The molecule has 0 fully saturated rings. The predicted molar refractivity (Wildman–Crippen MR) is 104 cm³/mol. The molecule has 134 valence electrons. The number of carbonyl (C=O) groups is 2. The molecule has 5 nitrogen and oxygen atoms in total. The Kier molecular flexibility index (Phi) is 5.37. The molecule has 26 heavy (non-hydrogen) atoms. The molecular formula is C21H23N3O2. The van der Waals surface area contributed by atoms with Crippen molar-refractivity contribution in [3.05, 3.63) is 65.9 Å². The van der Waals surface area contributed by atoms with E-state index in [1.54, 1.807) is 24.3 Å². The van der Waals surface area contributed by atoms with Gasteiger partial charge < -0.3 is 15.2 Å². The molecule has 2 aromatic carbocycles. The predicted octanol–water partition coefficient (Wildman–Crippen LogP) is 3.73. The summed E-state index contributed by atoms with van der Waals surface area (Å²) in [5, 5.41) is 6.88. The summed E-state index contributed by atoms with van der Waals surface area (Å²) in [4.78, 5) is 23.2. The van der Waals surface area contributed by atoms with Crippen molar-refractivity contribution in [3.63, 3.8) is 0 Å². The number of benzene rings is 2. The standard InChI is InChI=1S/C21H23N3O2/c1-15-14-18-6-3-4-7-20(18)24(15)13-5-12-22-21(26)17-8-10-19(11-9-17)23-16(2)25/h3-4,6-11,14H,5,12-13H2,1-2H3,(H,22,26)(H,23,25). The second-order valence-corrected chi connectivity index (χ2v) is 6.36. The summed E-state index contributed by atoms with van der Waals surface area (Å²) in [5.74, 6) is -0.233. The van der Waals surface area contributed by atoms with Crippen molar-refractivity contribution in [1.29, 1.82) is 0 Å². The van der Waals surface area contributed by atoms with Gasteiger partial charge in [0.2, 0.25) is 5.91 Å². The second-order valence-electron chi connectivity index (χ2n) is 6.36. The van der Waals surface area contributed by atoms with Gasteiger partial charge in [0.25, 0.3) is 5.91 Å². The Morgan fingerprint density at radius 1 is 1.04 bits per heavy atom. The third kappa shape index (κ3) is 4.11. The molecule has 0 spiro atoms. The van der Waals surface area contributed by atoms with Crippen LogP contribution in [0.15, 0.2) is 54.6 Å². The Morgan fingerprint density at radius 2 is 1.77 bits per heavy atom. The summed E-state index contributed by atoms with van der Waals surface area (Å²) in [6.45, 7) is 5.03. The monoisotopic (exact) mass is 349 g/mol. The molecule has 0 radical (unpaired) electrons. The maximum absolute atomic E-state index is 12.2. The van der Waals surface area contributed by atoms with Gasteiger partial charge in [0, 0.05) is 42.5 Å². The lowest BCUT2D eigenvalue weighted by Gasteiger charge is -2.10. The Balaban J connectivity index is 1.52. The number of amides is 2. The highest BCUT2D eigenvalue weighted by Gasteiger charge is 2.07. The lowest BCUT2D eigenvalue weighted by atomic mass is 10.2. The Bertz CT molecular complexity index is 926. The van der Waals surface area contributed by atoms with Gasteiger partial charge in [-0.3, -0.25) is 9.59 Å². The second kappa shape index (κ2) is 7.87. The van der Waals surface area contributed by atoms with E-state index in [1.165, 1.54) is 23.5 Å². The quantitative estimate of drug-likeness (QED) is 0.666. The van der Waals surface area contributed by atoms with E-state index >= 15 is 0 Å². The molecule has 0 atom stereocenters. The molecule has 0 saturated heterocycles. The van der Waals surface area contributed by atoms with Gasteiger partial charge in [-0.2, -0.15) is 0 Å². The zero-order chi connectivity index (χ0) is 18.5. The molecule has 1 heterocycles. The van der Waals surface area contributed by atoms with Crippen LogP contribution in [0.25, 0.3) is 10.9 Å². The Morgan fingerprint density at radius 3 is 2.50 bits per heavy atom. The molecule has 1 aromatic heterocycles. The lowest BCUT2D eigenvalue weighted by Crippen LogP contribution is -2.25. The van der Waals surface area contributed by atoms with Crippen LogP contribution in [0.1, 0.15) is 29.4 Å². The van der Waals surface area contributed by atoms with Crippen LogP contribution in [0.5, 0.6) is 0 Å². The number of anilines is 1. The molecule has 2 N–H and O–H groups in total. The minimum atomic E-state index is -0.130. The molecule has 5 heteroatoms. The van der Waals surface area contributed by atoms with Crippen LogP contribution in [0.4, 0.5) is 5.69 Å². The number of nitrogens with zero attached hydrogens (tertiary/aromatic N) is 1. The molecule has 0 aliphatic carbocycles. The van der Waals surface area contributed by atoms with Gasteiger partial charge in [-0.05, 0) is 55.1 Å². The highest BCUT2D eigenvalue weighted by molar-refractivity contribution is 5.95. The zero-order valence-corrected chi connectivity index (χ0v) is 15.1. The van der Waals surface area contributed by atoms with E-state index in [0.717, 1.165) is 13.0 Å². The first-order valence-electron chi connectivity index (χ1n) is 8.75. The van der Waals surface area contributed by atoms with Gasteiger partial charge in [-0.1, -0.05) is 18.2 Å². The fourth-order valence-electron chi connectivity index (χ4n) is 3.09. The minimum absolute atomic E-state index is 0.103. The third-order valence-corrected chi connectivity index (χ3v) is 4.33. The van der Waals surface area contributed by atoms with Crippen molar-refractivity contribution in [2.45, 2.75) is 26.8 Å². The van der Waals surface area contributed by atoms with E-state index in [9.17, 15) is 9.59 Å². The Hall–Kier alpha value is -3.08. The average molecular weight is 349 g/mol. The van der Waals surface area contributed by atoms with E-state index in [-0.39, 0.29) is 11.8 Å². The van der Waals surface area contributed by atoms with E-state index < -0.39 is 0 Å². The number of carbonyl (C=O) groups excluding carboxylic acids is 2. The molecule has 0 bridgehead atoms. The van der Waals surface area contributed by atoms with Crippen LogP contribution < -0.4 is 10.6 Å². The zero-order valence-electron chi connectivity index (χ0n) is 15.1. The van der Waals surface area contributed by atoms with Crippen LogP contribution in [0.2, 0.25) is 0 Å². The summed E-state index contributed by atoms with van der Waals surface area (Å²) < 4.78 is 2.28. The van der Waals surface area contributed by atoms with Crippen molar-refractivity contribution in [2.24, 2.45) is 0 Å². The van der Waals surface area contributed by atoms with Gasteiger partial charge in [0.1, 0.15) is 0 Å². The molecule has 2 amide bonds. The SMILES string of the molecule is CC(=O)Nc1ccc(C(=O)NCCCn2c(C)cc3ccccc32)cc1. The summed E-state index contributed by atoms with van der Waals surface area (Å²) >= 11 is 0. The first-order chi connectivity index (χ1) is 12.5. The minimum Gasteiger partial charge on any atom is -0.352 e. The van der Waals surface area contributed by atoms with Crippen LogP contribution in [-0.4, -0.2) is 22.9 Å². The number of aromatic nitrogens is 1. The normalized spacial score (nSPS) is 10.7. The van der Waals surface area contributed by atoms with Gasteiger partial charge >= 0.3 is 0 Å². The van der Waals surface area contributed by atoms with Crippen molar-refractivity contribution in [3.8, 4) is 0 Å². The summed E-state index contributed by atoms with van der Waals surface area (Å²) in [5.41, 5.74) is 3.72. The molecule has 0 saturated carbocycles. The highest BCUT2D eigenvalue weighted by Crippen LogP contribution is 2.19.